The Hall–Kier alpha value is -5.81. The number of hydrogen-bond acceptors (Lipinski definition) is 6. The van der Waals surface area contributed by atoms with Gasteiger partial charge in [0.15, 0.2) is 17.3 Å². The van der Waals surface area contributed by atoms with Gasteiger partial charge in [-0.1, -0.05) is 18.2 Å². The molecule has 5 aromatic rings. The van der Waals surface area contributed by atoms with Crippen molar-refractivity contribution in [3.63, 3.8) is 0 Å². The molecule has 2 heterocycles. The number of nitrogens with zero attached hydrogens (tertiary/aromatic N) is 1. The van der Waals surface area contributed by atoms with E-state index in [9.17, 15) is 14.0 Å². The van der Waals surface area contributed by atoms with E-state index < -0.39 is 23.1 Å². The van der Waals surface area contributed by atoms with Crippen molar-refractivity contribution >= 4 is 23.6 Å². The zero-order valence-electron chi connectivity index (χ0n) is 25.8. The summed E-state index contributed by atoms with van der Waals surface area (Å²) < 4.78 is 47.0. The number of allylic oxidation sites excluding steroid dienone is 1. The number of pyridine rings is 1. The first-order valence-electron chi connectivity index (χ1n) is 14.7. The van der Waals surface area contributed by atoms with Crippen LogP contribution >= 0.6 is 0 Å². The summed E-state index contributed by atoms with van der Waals surface area (Å²) in [4.78, 5) is 29.9. The van der Waals surface area contributed by atoms with Crippen molar-refractivity contribution in [3.05, 3.63) is 136 Å². The number of carbonyl (C=O) groups is 1. The van der Waals surface area contributed by atoms with Crippen molar-refractivity contribution in [3.8, 4) is 28.3 Å². The van der Waals surface area contributed by atoms with Crippen LogP contribution in [0.5, 0.6) is 11.5 Å². The number of halogens is 2. The summed E-state index contributed by atoms with van der Waals surface area (Å²) in [6.07, 6.45) is 5.45. The number of hydrogen-bond donors (Lipinski definition) is 3. The number of aromatic nitrogens is 2. The van der Waals surface area contributed by atoms with Gasteiger partial charge in [-0.3, -0.25) is 14.2 Å². The van der Waals surface area contributed by atoms with E-state index in [4.69, 9.17) is 19.6 Å². The summed E-state index contributed by atoms with van der Waals surface area (Å²) in [5.41, 5.74) is 2.52. The van der Waals surface area contributed by atoms with Crippen LogP contribution in [0.4, 0.5) is 14.5 Å². The van der Waals surface area contributed by atoms with Crippen LogP contribution in [0.15, 0.2) is 102 Å². The lowest BCUT2D eigenvalue weighted by Crippen LogP contribution is -2.29. The summed E-state index contributed by atoms with van der Waals surface area (Å²) in [7, 11) is 1.63. The average molecular weight is 639 g/mol. The highest BCUT2D eigenvalue weighted by molar-refractivity contribution is 6.06. The molecule has 47 heavy (non-hydrogen) atoms. The third-order valence-corrected chi connectivity index (χ3v) is 7.34. The Morgan fingerprint density at radius 2 is 1.83 bits per heavy atom. The van der Waals surface area contributed by atoms with Gasteiger partial charge in [0.25, 0.3) is 11.5 Å². The van der Waals surface area contributed by atoms with Gasteiger partial charge in [0.05, 0.1) is 18.4 Å². The Balaban J connectivity index is 1.40. The molecular weight excluding hydrogens is 606 g/mol. The first-order valence-corrected chi connectivity index (χ1v) is 14.7. The predicted molar refractivity (Wildman–Crippen MR) is 177 cm³/mol. The normalized spacial score (nSPS) is 12.0. The quantitative estimate of drug-likeness (QED) is 0.0964. The molecule has 0 saturated heterocycles. The number of H-pyrrole nitrogens is 1. The Bertz CT molecular complexity index is 2000. The second-order valence-electron chi connectivity index (χ2n) is 10.3. The summed E-state index contributed by atoms with van der Waals surface area (Å²) in [5, 5.41) is 10.2. The Morgan fingerprint density at radius 3 is 2.53 bits per heavy atom. The number of aromatic amines is 1. The number of rotatable bonds is 12. The summed E-state index contributed by atoms with van der Waals surface area (Å²) in [5.74, 6) is -2.03. The summed E-state index contributed by atoms with van der Waals surface area (Å²) in [6, 6.07) is 20.1. The minimum absolute atomic E-state index is 0.0409. The lowest BCUT2D eigenvalue weighted by atomic mass is 10.0. The second kappa shape index (κ2) is 14.5. The Kier molecular flexibility index (Phi) is 10.1. The van der Waals surface area contributed by atoms with Crippen molar-refractivity contribution in [2.24, 2.45) is 0 Å². The lowest BCUT2D eigenvalue weighted by molar-refractivity contribution is 0.102. The first kappa shape index (κ1) is 32.6. The van der Waals surface area contributed by atoms with E-state index in [1.165, 1.54) is 59.3 Å². The molecule has 1 unspecified atom stereocenters. The molecule has 1 amide bonds. The molecule has 0 bridgehead atoms. The Morgan fingerprint density at radius 1 is 1.04 bits per heavy atom. The van der Waals surface area contributed by atoms with Crippen molar-refractivity contribution in [2.45, 2.75) is 20.0 Å². The highest BCUT2D eigenvalue weighted by Crippen LogP contribution is 2.33. The van der Waals surface area contributed by atoms with E-state index in [1.54, 1.807) is 20.2 Å². The van der Waals surface area contributed by atoms with Crippen LogP contribution in [-0.4, -0.2) is 35.4 Å². The third kappa shape index (κ3) is 7.21. The number of amides is 1. The second-order valence-corrected chi connectivity index (χ2v) is 10.3. The highest BCUT2D eigenvalue weighted by Gasteiger charge is 2.22. The molecular formula is C36H32F2N4O5. The van der Waals surface area contributed by atoms with E-state index >= 15 is 4.39 Å². The van der Waals surface area contributed by atoms with Gasteiger partial charge >= 0.3 is 0 Å². The highest BCUT2D eigenvalue weighted by atomic mass is 19.1. The fourth-order valence-electron chi connectivity index (χ4n) is 4.94. The molecule has 240 valence electrons. The molecule has 1 atom stereocenters. The van der Waals surface area contributed by atoms with Gasteiger partial charge in [0, 0.05) is 54.8 Å². The zero-order valence-corrected chi connectivity index (χ0v) is 25.8. The van der Waals surface area contributed by atoms with Crippen LogP contribution in [0.25, 0.3) is 22.6 Å². The number of methoxy groups -OCH3 is 1. The van der Waals surface area contributed by atoms with Gasteiger partial charge in [-0.05, 0) is 79.6 Å². The number of carbonyl (C=O) groups excluding carboxylic acids is 1. The van der Waals surface area contributed by atoms with Gasteiger partial charge in [-0.15, -0.1) is 0 Å². The van der Waals surface area contributed by atoms with Gasteiger partial charge < -0.3 is 29.9 Å². The van der Waals surface area contributed by atoms with Crippen LogP contribution in [0.2, 0.25) is 0 Å². The van der Waals surface area contributed by atoms with E-state index in [2.05, 4.69) is 10.3 Å². The maximum absolute atomic E-state index is 15.4. The van der Waals surface area contributed by atoms with Crippen molar-refractivity contribution in [1.29, 1.82) is 5.41 Å². The number of ether oxygens (including phenoxy) is 3. The minimum Gasteiger partial charge on any atom is -0.493 e. The topological polar surface area (TPSA) is 118 Å². The van der Waals surface area contributed by atoms with E-state index in [0.717, 1.165) is 29.0 Å². The van der Waals surface area contributed by atoms with Gasteiger partial charge in [-0.25, -0.2) is 8.78 Å². The number of anilines is 1. The van der Waals surface area contributed by atoms with Gasteiger partial charge in [0.2, 0.25) is 0 Å². The molecule has 0 aliphatic rings. The molecule has 0 fully saturated rings. The molecule has 0 aliphatic heterocycles. The molecule has 3 aromatic carbocycles. The Labute approximate surface area is 269 Å². The lowest BCUT2D eigenvalue weighted by Gasteiger charge is -2.15. The molecule has 11 heteroatoms. The van der Waals surface area contributed by atoms with Crippen molar-refractivity contribution < 1.29 is 27.8 Å². The molecule has 5 rings (SSSR count). The van der Waals surface area contributed by atoms with Crippen LogP contribution < -0.4 is 20.3 Å². The molecule has 0 spiro atoms. The zero-order chi connectivity index (χ0) is 33.5. The van der Waals surface area contributed by atoms with Gasteiger partial charge in [-0.2, -0.15) is 0 Å². The van der Waals surface area contributed by atoms with Gasteiger partial charge in [0.1, 0.15) is 17.1 Å². The average Bonchev–Trinajstić information content (AvgIpc) is 3.56. The maximum atomic E-state index is 15.4. The largest absolute Gasteiger partial charge is 0.493 e. The molecule has 0 aliphatic carbocycles. The number of benzene rings is 3. The van der Waals surface area contributed by atoms with E-state index in [-0.39, 0.29) is 41.2 Å². The monoisotopic (exact) mass is 638 g/mol. The van der Waals surface area contributed by atoms with Crippen LogP contribution in [-0.2, 0) is 4.74 Å². The maximum Gasteiger partial charge on any atom is 0.271 e. The van der Waals surface area contributed by atoms with Crippen molar-refractivity contribution in [2.75, 3.05) is 19.0 Å². The minimum atomic E-state index is -0.826. The summed E-state index contributed by atoms with van der Waals surface area (Å²) in [6.45, 7) is 3.83. The molecule has 0 radical (unpaired) electrons. The van der Waals surface area contributed by atoms with Crippen LogP contribution in [0, 0.1) is 17.0 Å². The van der Waals surface area contributed by atoms with Crippen molar-refractivity contribution in [1.82, 2.24) is 9.55 Å². The summed E-state index contributed by atoms with van der Waals surface area (Å²) >= 11 is 0. The third-order valence-electron chi connectivity index (χ3n) is 7.34. The SMILES string of the molecule is CCOc1ccn(-c2ccc(F)cc2)c(=O)c1C(=O)Nc1ccc(O/C(=C/C=N)c2[nH]ccc2-c2cccc(C(C)OC)c2)c(F)c1. The predicted octanol–water partition coefficient (Wildman–Crippen LogP) is 7.54. The van der Waals surface area contributed by atoms with E-state index in [1.807, 2.05) is 37.3 Å². The number of nitrogens with one attached hydrogen (secondary N) is 3. The smallest absolute Gasteiger partial charge is 0.271 e. The van der Waals surface area contributed by atoms with E-state index in [0.29, 0.717) is 11.4 Å². The molecule has 0 saturated carbocycles. The fourth-order valence-corrected chi connectivity index (χ4v) is 4.94. The fraction of sp³-hybridized carbons (Fsp3) is 0.139. The molecule has 9 nitrogen and oxygen atoms in total. The first-order chi connectivity index (χ1) is 22.7. The molecule has 2 aromatic heterocycles. The van der Waals surface area contributed by atoms with Crippen LogP contribution in [0.1, 0.15) is 41.6 Å². The molecule has 3 N–H and O–H groups in total. The van der Waals surface area contributed by atoms with Crippen LogP contribution in [0.3, 0.4) is 0 Å². The standard InChI is InChI=1S/C36H32F2N4O5/c1-4-46-31-16-19-42(27-11-8-25(37)9-12-27)36(44)33(31)35(43)41-26-10-13-30(29(38)21-26)47-32(14-17-39)34-28(15-18-40-34)24-7-5-6-23(20-24)22(2)45-3/h5-22,39-40H,4H2,1-3H3,(H,41,43)/b32-14+,39-17?.